The van der Waals surface area contributed by atoms with Gasteiger partial charge in [-0.2, -0.15) is 0 Å². The quantitative estimate of drug-likeness (QED) is 0.480. The second-order valence-electron chi connectivity index (χ2n) is 7.01. The van der Waals surface area contributed by atoms with Crippen molar-refractivity contribution in [3.63, 3.8) is 0 Å². The lowest BCUT2D eigenvalue weighted by atomic mass is 10.1. The van der Waals surface area contributed by atoms with Gasteiger partial charge in [0.05, 0.1) is 27.0 Å². The van der Waals surface area contributed by atoms with Gasteiger partial charge in [0.15, 0.2) is 6.61 Å². The van der Waals surface area contributed by atoms with Crippen molar-refractivity contribution in [3.05, 3.63) is 62.5 Å². The molecule has 2 heterocycles. The fraction of sp³-hybridized carbons (Fsp3) is 0.190. The van der Waals surface area contributed by atoms with Crippen molar-refractivity contribution >= 4 is 40.2 Å². The Labute approximate surface area is 181 Å². The summed E-state index contributed by atoms with van der Waals surface area (Å²) in [6.45, 7) is 3.21. The van der Waals surface area contributed by atoms with E-state index in [2.05, 4.69) is 10.3 Å². The third kappa shape index (κ3) is 4.24. The topological polar surface area (TPSA) is 115 Å². The first-order chi connectivity index (χ1) is 14.8. The highest BCUT2D eigenvalue weighted by Gasteiger charge is 2.28. The van der Waals surface area contributed by atoms with Crippen LogP contribution in [-0.4, -0.2) is 34.9 Å². The number of carbonyl (C=O) groups excluding carboxylic acids is 2. The zero-order valence-corrected chi connectivity index (χ0v) is 17.6. The van der Waals surface area contributed by atoms with Gasteiger partial charge in [0.2, 0.25) is 5.91 Å². The number of nitrogens with one attached hydrogen (secondary N) is 1. The number of hydrogen-bond donors (Lipinski definition) is 1. The van der Waals surface area contributed by atoms with E-state index in [4.69, 9.17) is 4.74 Å². The van der Waals surface area contributed by atoms with E-state index in [1.807, 2.05) is 18.4 Å². The first-order valence-electron chi connectivity index (χ1n) is 9.36. The molecule has 2 amide bonds. The molecule has 1 aromatic heterocycles. The molecule has 4 rings (SSSR count). The minimum atomic E-state index is -0.529. The normalized spacial score (nSPS) is 12.8. The van der Waals surface area contributed by atoms with Crippen molar-refractivity contribution in [2.45, 2.75) is 13.8 Å². The monoisotopic (exact) mass is 438 g/mol. The van der Waals surface area contributed by atoms with E-state index in [1.54, 1.807) is 25.1 Å². The van der Waals surface area contributed by atoms with Crippen molar-refractivity contribution in [1.82, 2.24) is 4.98 Å². The molecule has 0 radical (unpaired) electrons. The number of anilines is 2. The van der Waals surface area contributed by atoms with Crippen LogP contribution in [0.1, 0.15) is 10.6 Å². The maximum atomic E-state index is 12.7. The zero-order valence-electron chi connectivity index (χ0n) is 16.7. The third-order valence-corrected chi connectivity index (χ3v) is 5.60. The van der Waals surface area contributed by atoms with Gasteiger partial charge in [-0.3, -0.25) is 24.6 Å². The largest absolute Gasteiger partial charge is 0.482 e. The number of hydrogen-bond acceptors (Lipinski definition) is 7. The Hall–Kier alpha value is -3.79. The predicted molar refractivity (Wildman–Crippen MR) is 117 cm³/mol. The zero-order chi connectivity index (χ0) is 22.1. The lowest BCUT2D eigenvalue weighted by Gasteiger charge is -2.29. The summed E-state index contributed by atoms with van der Waals surface area (Å²) in [6.07, 6.45) is 0. The highest BCUT2D eigenvalue weighted by Crippen LogP contribution is 2.36. The molecule has 0 unspecified atom stereocenters. The second-order valence-corrected chi connectivity index (χ2v) is 8.07. The van der Waals surface area contributed by atoms with Crippen LogP contribution < -0.4 is 15.0 Å². The summed E-state index contributed by atoms with van der Waals surface area (Å²) in [4.78, 5) is 41.5. The van der Waals surface area contributed by atoms with Gasteiger partial charge in [-0.25, -0.2) is 4.98 Å². The van der Waals surface area contributed by atoms with E-state index in [0.29, 0.717) is 22.7 Å². The summed E-state index contributed by atoms with van der Waals surface area (Å²) >= 11 is 1.52. The summed E-state index contributed by atoms with van der Waals surface area (Å²) < 4.78 is 5.51. The molecule has 0 spiro atoms. The molecular formula is C21H18N4O5S. The van der Waals surface area contributed by atoms with Gasteiger partial charge in [-0.1, -0.05) is 6.07 Å². The van der Waals surface area contributed by atoms with E-state index in [1.165, 1.54) is 28.4 Å². The maximum Gasteiger partial charge on any atom is 0.271 e. The third-order valence-electron chi connectivity index (χ3n) is 4.82. The molecule has 0 saturated carbocycles. The SMILES string of the molecule is Cc1nc(-c2ccc3c(c2)N(CC(=O)Nc2cc([N+](=O)[O-])ccc2C)C(=O)CO3)cs1. The molecule has 158 valence electrons. The van der Waals surface area contributed by atoms with E-state index in [0.717, 1.165) is 16.3 Å². The van der Waals surface area contributed by atoms with Gasteiger partial charge in [0.25, 0.3) is 11.6 Å². The van der Waals surface area contributed by atoms with Crippen LogP contribution in [0.2, 0.25) is 0 Å². The highest BCUT2D eigenvalue weighted by atomic mass is 32.1. The van der Waals surface area contributed by atoms with Crippen LogP contribution in [0.3, 0.4) is 0 Å². The molecule has 0 atom stereocenters. The van der Waals surface area contributed by atoms with Gasteiger partial charge in [0.1, 0.15) is 12.3 Å². The number of non-ortho nitro benzene ring substituents is 1. The first-order valence-corrected chi connectivity index (χ1v) is 10.2. The van der Waals surface area contributed by atoms with Crippen molar-refractivity contribution < 1.29 is 19.2 Å². The summed E-state index contributed by atoms with van der Waals surface area (Å²) in [6, 6.07) is 9.60. The Bertz CT molecular complexity index is 1210. The molecule has 0 fully saturated rings. The second kappa shape index (κ2) is 8.15. The molecule has 0 bridgehead atoms. The minimum absolute atomic E-state index is 0.128. The van der Waals surface area contributed by atoms with Gasteiger partial charge in [-0.15, -0.1) is 11.3 Å². The van der Waals surface area contributed by atoms with Crippen molar-refractivity contribution in [2.75, 3.05) is 23.4 Å². The van der Waals surface area contributed by atoms with Crippen molar-refractivity contribution in [2.24, 2.45) is 0 Å². The molecule has 1 aliphatic rings. The summed E-state index contributed by atoms with van der Waals surface area (Å²) in [5, 5.41) is 16.5. The number of ether oxygens (including phenoxy) is 1. The molecule has 10 heteroatoms. The number of nitro groups is 1. The van der Waals surface area contributed by atoms with Gasteiger partial charge < -0.3 is 10.1 Å². The van der Waals surface area contributed by atoms with Crippen LogP contribution in [0.25, 0.3) is 11.3 Å². The van der Waals surface area contributed by atoms with E-state index in [9.17, 15) is 19.7 Å². The average molecular weight is 438 g/mol. The van der Waals surface area contributed by atoms with Gasteiger partial charge in [-0.05, 0) is 37.6 Å². The number of nitro benzene ring substituents is 1. The van der Waals surface area contributed by atoms with Crippen LogP contribution in [0, 0.1) is 24.0 Å². The van der Waals surface area contributed by atoms with Crippen LogP contribution in [0.15, 0.2) is 41.8 Å². The minimum Gasteiger partial charge on any atom is -0.482 e. The molecule has 9 nitrogen and oxygen atoms in total. The predicted octanol–water partition coefficient (Wildman–Crippen LogP) is 3.70. The number of thiazole rings is 1. The molecular weight excluding hydrogens is 420 g/mol. The van der Waals surface area contributed by atoms with Crippen LogP contribution in [0.5, 0.6) is 5.75 Å². The van der Waals surface area contributed by atoms with E-state index in [-0.39, 0.29) is 24.7 Å². The number of amides is 2. The average Bonchev–Trinajstić information content (AvgIpc) is 3.17. The lowest BCUT2D eigenvalue weighted by Crippen LogP contribution is -2.43. The standard InChI is InChI=1S/C21H18N4O5S/c1-12-3-5-15(25(28)29)8-16(12)23-20(26)9-24-18-7-14(17-11-31-13(2)22-17)4-6-19(18)30-10-21(24)27/h3-8,11H,9-10H2,1-2H3,(H,23,26). The lowest BCUT2D eigenvalue weighted by molar-refractivity contribution is -0.384. The molecule has 1 aliphatic heterocycles. The Morgan fingerprint density at radius 2 is 2.10 bits per heavy atom. The number of benzene rings is 2. The molecule has 31 heavy (non-hydrogen) atoms. The number of fused-ring (bicyclic) bond motifs is 1. The molecule has 0 saturated heterocycles. The number of carbonyl (C=O) groups is 2. The van der Waals surface area contributed by atoms with Crippen molar-refractivity contribution in [3.8, 4) is 17.0 Å². The fourth-order valence-electron chi connectivity index (χ4n) is 3.22. The Morgan fingerprint density at radius 1 is 1.29 bits per heavy atom. The Balaban J connectivity index is 1.59. The van der Waals surface area contributed by atoms with Gasteiger partial charge in [0, 0.05) is 23.1 Å². The van der Waals surface area contributed by atoms with E-state index < -0.39 is 10.8 Å². The Kier molecular flexibility index (Phi) is 5.38. The number of aryl methyl sites for hydroxylation is 2. The fourth-order valence-corrected chi connectivity index (χ4v) is 3.84. The molecule has 2 aromatic carbocycles. The molecule has 1 N–H and O–H groups in total. The number of aromatic nitrogens is 1. The maximum absolute atomic E-state index is 12.7. The van der Waals surface area contributed by atoms with E-state index >= 15 is 0 Å². The van der Waals surface area contributed by atoms with Crippen LogP contribution in [0.4, 0.5) is 17.1 Å². The first kappa shape index (κ1) is 20.5. The number of rotatable bonds is 5. The summed E-state index contributed by atoms with van der Waals surface area (Å²) in [5.74, 6) is -0.334. The Morgan fingerprint density at radius 3 is 2.81 bits per heavy atom. The number of nitrogens with zero attached hydrogens (tertiary/aromatic N) is 3. The summed E-state index contributed by atoms with van der Waals surface area (Å²) in [7, 11) is 0. The highest BCUT2D eigenvalue weighted by molar-refractivity contribution is 7.09. The smallest absolute Gasteiger partial charge is 0.271 e. The van der Waals surface area contributed by atoms with Crippen LogP contribution >= 0.6 is 11.3 Å². The molecule has 0 aliphatic carbocycles. The summed E-state index contributed by atoms with van der Waals surface area (Å²) in [5.41, 5.74) is 2.93. The molecule has 3 aromatic rings. The van der Waals surface area contributed by atoms with Crippen LogP contribution in [-0.2, 0) is 9.59 Å². The van der Waals surface area contributed by atoms with Gasteiger partial charge >= 0.3 is 0 Å². The van der Waals surface area contributed by atoms with Crippen molar-refractivity contribution in [1.29, 1.82) is 0 Å².